The predicted octanol–water partition coefficient (Wildman–Crippen LogP) is 3.27. The van der Waals surface area contributed by atoms with Crippen molar-refractivity contribution in [2.24, 2.45) is 0 Å². The largest absolute Gasteiger partial charge is 0.444 e. The Kier molecular flexibility index (Phi) is 4.84. The number of carbonyl (C=O) groups is 2. The quantitative estimate of drug-likeness (QED) is 0.820. The summed E-state index contributed by atoms with van der Waals surface area (Å²) in [6.07, 6.45) is 6.18. The van der Waals surface area contributed by atoms with Gasteiger partial charge in [0.1, 0.15) is 6.10 Å². The molecular weight excluding hydrogens is 292 g/mol. The van der Waals surface area contributed by atoms with Gasteiger partial charge in [0, 0.05) is 17.8 Å². The maximum absolute atomic E-state index is 12.1. The van der Waals surface area contributed by atoms with Gasteiger partial charge in [-0.1, -0.05) is 26.2 Å². The van der Waals surface area contributed by atoms with Crippen molar-refractivity contribution in [1.82, 2.24) is 5.32 Å². The summed E-state index contributed by atoms with van der Waals surface area (Å²) in [5.74, 6) is -0.0319. The van der Waals surface area contributed by atoms with E-state index in [0.717, 1.165) is 30.5 Å². The molecule has 5 heteroatoms. The summed E-state index contributed by atoms with van der Waals surface area (Å²) in [6, 6.07) is 5.60. The van der Waals surface area contributed by atoms with E-state index in [-0.39, 0.29) is 18.1 Å². The van der Waals surface area contributed by atoms with Crippen molar-refractivity contribution in [2.45, 2.75) is 51.6 Å². The molecule has 0 saturated carbocycles. The first kappa shape index (κ1) is 15.8. The summed E-state index contributed by atoms with van der Waals surface area (Å²) in [7, 11) is 0. The van der Waals surface area contributed by atoms with Gasteiger partial charge >= 0.3 is 6.09 Å². The van der Waals surface area contributed by atoms with Crippen LogP contribution >= 0.6 is 0 Å². The summed E-state index contributed by atoms with van der Waals surface area (Å²) in [4.78, 5) is 25.6. The maximum atomic E-state index is 12.1. The molecule has 5 nitrogen and oxygen atoms in total. The first-order chi connectivity index (χ1) is 11.2. The molecule has 0 spiro atoms. The SMILES string of the molecule is CCCCCC[C@@H]1CN(c2ccc3c(c2)CCNC3=O)C(=O)O1. The van der Waals surface area contributed by atoms with Crippen molar-refractivity contribution < 1.29 is 14.3 Å². The van der Waals surface area contributed by atoms with Crippen LogP contribution in [0.4, 0.5) is 10.5 Å². The average Bonchev–Trinajstić information content (AvgIpc) is 2.92. The smallest absolute Gasteiger partial charge is 0.414 e. The molecule has 1 fully saturated rings. The monoisotopic (exact) mass is 316 g/mol. The Bertz CT molecular complexity index is 600. The molecule has 0 aromatic heterocycles. The van der Waals surface area contributed by atoms with Gasteiger partial charge in [-0.2, -0.15) is 0 Å². The summed E-state index contributed by atoms with van der Waals surface area (Å²) in [6.45, 7) is 3.45. The minimum atomic E-state index is -0.272. The van der Waals surface area contributed by atoms with E-state index >= 15 is 0 Å². The van der Waals surface area contributed by atoms with Gasteiger partial charge in [0.15, 0.2) is 0 Å². The fraction of sp³-hybridized carbons (Fsp3) is 0.556. The number of cyclic esters (lactones) is 1. The molecule has 0 aliphatic carbocycles. The second-order valence-electron chi connectivity index (χ2n) is 6.31. The highest BCUT2D eigenvalue weighted by molar-refractivity contribution is 5.98. The normalized spacial score (nSPS) is 20.2. The average molecular weight is 316 g/mol. The molecule has 2 aliphatic rings. The summed E-state index contributed by atoms with van der Waals surface area (Å²) >= 11 is 0. The van der Waals surface area contributed by atoms with E-state index in [1.165, 1.54) is 19.3 Å². The lowest BCUT2D eigenvalue weighted by atomic mass is 9.99. The molecule has 23 heavy (non-hydrogen) atoms. The summed E-state index contributed by atoms with van der Waals surface area (Å²) < 4.78 is 5.48. The fourth-order valence-electron chi connectivity index (χ4n) is 3.26. The Hall–Kier alpha value is -2.04. The highest BCUT2D eigenvalue weighted by atomic mass is 16.6. The molecule has 0 radical (unpaired) electrons. The van der Waals surface area contributed by atoms with Gasteiger partial charge in [0.05, 0.1) is 6.54 Å². The molecule has 0 bridgehead atoms. The minimum Gasteiger partial charge on any atom is -0.444 e. The van der Waals surface area contributed by atoms with Crippen LogP contribution in [0.3, 0.4) is 0 Å². The molecule has 1 aromatic carbocycles. The number of rotatable bonds is 6. The second kappa shape index (κ2) is 7.02. The van der Waals surface area contributed by atoms with E-state index in [2.05, 4.69) is 12.2 Å². The molecule has 2 heterocycles. The fourth-order valence-corrected chi connectivity index (χ4v) is 3.26. The van der Waals surface area contributed by atoms with Crippen LogP contribution in [0.1, 0.15) is 54.9 Å². The first-order valence-electron chi connectivity index (χ1n) is 8.58. The standard InChI is InChI=1S/C18H24N2O3/c1-2-3-4-5-6-15-12-20(18(22)23-15)14-7-8-16-13(11-14)9-10-19-17(16)21/h7-8,11,15H,2-6,9-10,12H2,1H3,(H,19,21)/t15-/m1/s1. The highest BCUT2D eigenvalue weighted by Gasteiger charge is 2.32. The predicted molar refractivity (Wildman–Crippen MR) is 88.9 cm³/mol. The van der Waals surface area contributed by atoms with Crippen LogP contribution in [-0.2, 0) is 11.2 Å². The van der Waals surface area contributed by atoms with Gasteiger partial charge in [-0.05, 0) is 43.0 Å². The number of hydrogen-bond acceptors (Lipinski definition) is 3. The van der Waals surface area contributed by atoms with Gasteiger partial charge < -0.3 is 10.1 Å². The summed E-state index contributed by atoms with van der Waals surface area (Å²) in [5, 5.41) is 2.83. The molecule has 1 aromatic rings. The van der Waals surface area contributed by atoms with Crippen LogP contribution in [0.25, 0.3) is 0 Å². The maximum Gasteiger partial charge on any atom is 0.414 e. The number of hydrogen-bond donors (Lipinski definition) is 1. The number of benzene rings is 1. The lowest BCUT2D eigenvalue weighted by Crippen LogP contribution is -2.32. The number of unbranched alkanes of at least 4 members (excludes halogenated alkanes) is 3. The zero-order valence-corrected chi connectivity index (χ0v) is 13.6. The second-order valence-corrected chi connectivity index (χ2v) is 6.31. The lowest BCUT2D eigenvalue weighted by Gasteiger charge is -2.20. The molecule has 2 aliphatic heterocycles. The lowest BCUT2D eigenvalue weighted by molar-refractivity contribution is 0.0946. The van der Waals surface area contributed by atoms with Crippen molar-refractivity contribution in [3.63, 3.8) is 0 Å². The molecule has 1 N–H and O–H groups in total. The number of nitrogens with one attached hydrogen (secondary N) is 1. The Morgan fingerprint density at radius 1 is 1.26 bits per heavy atom. The van der Waals surface area contributed by atoms with Crippen molar-refractivity contribution in [2.75, 3.05) is 18.0 Å². The van der Waals surface area contributed by atoms with Gasteiger partial charge in [-0.25, -0.2) is 4.79 Å². The van der Waals surface area contributed by atoms with Crippen LogP contribution in [0.5, 0.6) is 0 Å². The van der Waals surface area contributed by atoms with Crippen molar-refractivity contribution in [3.05, 3.63) is 29.3 Å². The third kappa shape index (κ3) is 3.49. The number of carbonyl (C=O) groups excluding carboxylic acids is 2. The molecule has 3 rings (SSSR count). The molecule has 1 saturated heterocycles. The van der Waals surface area contributed by atoms with Crippen LogP contribution < -0.4 is 10.2 Å². The van der Waals surface area contributed by atoms with Gasteiger partial charge in [0.2, 0.25) is 0 Å². The number of anilines is 1. The molecule has 0 unspecified atom stereocenters. The number of amides is 2. The van der Waals surface area contributed by atoms with E-state index in [1.807, 2.05) is 12.1 Å². The van der Waals surface area contributed by atoms with E-state index in [1.54, 1.807) is 11.0 Å². The van der Waals surface area contributed by atoms with Crippen molar-refractivity contribution in [3.8, 4) is 0 Å². The number of fused-ring (bicyclic) bond motifs is 1. The van der Waals surface area contributed by atoms with Crippen LogP contribution in [0.2, 0.25) is 0 Å². The zero-order chi connectivity index (χ0) is 16.2. The van der Waals surface area contributed by atoms with E-state index in [9.17, 15) is 9.59 Å². The van der Waals surface area contributed by atoms with Crippen LogP contribution in [-0.4, -0.2) is 31.2 Å². The third-order valence-corrected chi connectivity index (χ3v) is 4.58. The number of nitrogens with zero attached hydrogens (tertiary/aromatic N) is 1. The Morgan fingerprint density at radius 3 is 2.96 bits per heavy atom. The Labute approximate surface area is 137 Å². The van der Waals surface area contributed by atoms with E-state index in [4.69, 9.17) is 4.74 Å². The van der Waals surface area contributed by atoms with Crippen LogP contribution in [0.15, 0.2) is 18.2 Å². The van der Waals surface area contributed by atoms with E-state index < -0.39 is 0 Å². The Balaban J connectivity index is 1.65. The number of ether oxygens (including phenoxy) is 1. The third-order valence-electron chi connectivity index (χ3n) is 4.58. The first-order valence-corrected chi connectivity index (χ1v) is 8.58. The molecule has 1 atom stereocenters. The van der Waals surface area contributed by atoms with Gasteiger partial charge in [0.25, 0.3) is 5.91 Å². The van der Waals surface area contributed by atoms with Crippen LogP contribution in [0, 0.1) is 0 Å². The zero-order valence-electron chi connectivity index (χ0n) is 13.6. The molecular formula is C18H24N2O3. The van der Waals surface area contributed by atoms with E-state index in [0.29, 0.717) is 18.7 Å². The van der Waals surface area contributed by atoms with Gasteiger partial charge in [-0.3, -0.25) is 9.69 Å². The Morgan fingerprint density at radius 2 is 2.13 bits per heavy atom. The summed E-state index contributed by atoms with van der Waals surface area (Å²) in [5.41, 5.74) is 2.55. The van der Waals surface area contributed by atoms with Crippen molar-refractivity contribution in [1.29, 1.82) is 0 Å². The topological polar surface area (TPSA) is 58.6 Å². The highest BCUT2D eigenvalue weighted by Crippen LogP contribution is 2.27. The molecule has 2 amide bonds. The minimum absolute atomic E-state index is 0.0151. The molecule has 124 valence electrons. The van der Waals surface area contributed by atoms with Crippen molar-refractivity contribution >= 4 is 17.7 Å². The van der Waals surface area contributed by atoms with Gasteiger partial charge in [-0.15, -0.1) is 0 Å².